The molecule has 0 saturated carbocycles. The molecule has 1 aliphatic heterocycles. The molecular weight excluding hydrogens is 307 g/mol. The molecule has 0 aromatic heterocycles. The van der Waals surface area contributed by atoms with E-state index >= 15 is 0 Å². The van der Waals surface area contributed by atoms with Gasteiger partial charge >= 0.3 is 6.18 Å². The van der Waals surface area contributed by atoms with Gasteiger partial charge in [-0.15, -0.1) is 0 Å². The van der Waals surface area contributed by atoms with Gasteiger partial charge < -0.3 is 5.11 Å². The van der Waals surface area contributed by atoms with Crippen LogP contribution in [0.15, 0.2) is 29.4 Å². The molecule has 0 aliphatic carbocycles. The zero-order valence-corrected chi connectivity index (χ0v) is 11.2. The van der Waals surface area contributed by atoms with Gasteiger partial charge in [0.05, 0.1) is 11.3 Å². The molecule has 1 N–H and O–H groups in total. The first kappa shape index (κ1) is 15.9. The highest BCUT2D eigenvalue weighted by atomic mass is 19.4. The Bertz CT molecular complexity index is 674. The molecule has 0 spiro atoms. The second-order valence-electron chi connectivity index (χ2n) is 4.68. The SMILES string of the molecule is CC(=O)N1N=C(C(F)(F)F)C[C@]1(O)c1cccc([N+](=O)[O-])c1. The Labute approximate surface area is 121 Å². The van der Waals surface area contributed by atoms with E-state index in [2.05, 4.69) is 5.10 Å². The highest BCUT2D eigenvalue weighted by Gasteiger charge is 2.52. The molecule has 1 aromatic carbocycles. The molecule has 1 heterocycles. The van der Waals surface area contributed by atoms with Gasteiger partial charge in [0.15, 0.2) is 5.72 Å². The molecule has 0 saturated heterocycles. The van der Waals surface area contributed by atoms with Crippen molar-refractivity contribution in [3.05, 3.63) is 39.9 Å². The summed E-state index contributed by atoms with van der Waals surface area (Å²) >= 11 is 0. The summed E-state index contributed by atoms with van der Waals surface area (Å²) in [6.45, 7) is 0.936. The summed E-state index contributed by atoms with van der Waals surface area (Å²) in [6.07, 6.45) is -5.82. The van der Waals surface area contributed by atoms with E-state index in [0.717, 1.165) is 19.1 Å². The fourth-order valence-corrected chi connectivity index (χ4v) is 2.13. The fraction of sp³-hybridized carbons (Fsp3) is 0.333. The third kappa shape index (κ3) is 2.64. The third-order valence-electron chi connectivity index (χ3n) is 3.13. The van der Waals surface area contributed by atoms with Gasteiger partial charge in [0.25, 0.3) is 5.69 Å². The lowest BCUT2D eigenvalue weighted by molar-refractivity contribution is -0.385. The lowest BCUT2D eigenvalue weighted by atomic mass is 9.96. The van der Waals surface area contributed by atoms with Crippen molar-refractivity contribution in [1.82, 2.24) is 5.01 Å². The van der Waals surface area contributed by atoms with Crippen molar-refractivity contribution < 1.29 is 28.0 Å². The molecule has 1 amide bonds. The third-order valence-corrected chi connectivity index (χ3v) is 3.13. The predicted molar refractivity (Wildman–Crippen MR) is 67.6 cm³/mol. The van der Waals surface area contributed by atoms with Crippen LogP contribution in [0.1, 0.15) is 18.9 Å². The first-order valence-electron chi connectivity index (χ1n) is 5.98. The lowest BCUT2D eigenvalue weighted by Crippen LogP contribution is -2.42. The van der Waals surface area contributed by atoms with Crippen molar-refractivity contribution in [2.45, 2.75) is 25.2 Å². The number of hydrogen-bond acceptors (Lipinski definition) is 5. The van der Waals surface area contributed by atoms with E-state index in [1.807, 2.05) is 0 Å². The Morgan fingerprint density at radius 2 is 2.14 bits per heavy atom. The van der Waals surface area contributed by atoms with Gasteiger partial charge in [-0.1, -0.05) is 12.1 Å². The van der Waals surface area contributed by atoms with Crippen LogP contribution in [0.5, 0.6) is 0 Å². The zero-order chi connectivity index (χ0) is 16.7. The Balaban J connectivity index is 2.51. The molecule has 10 heteroatoms. The number of hydrogen-bond donors (Lipinski definition) is 1. The predicted octanol–water partition coefficient (Wildman–Crippen LogP) is 1.91. The number of halogens is 3. The monoisotopic (exact) mass is 317 g/mol. The van der Waals surface area contributed by atoms with Crippen molar-refractivity contribution in [2.24, 2.45) is 5.10 Å². The number of benzene rings is 1. The quantitative estimate of drug-likeness (QED) is 0.665. The highest BCUT2D eigenvalue weighted by Crippen LogP contribution is 2.40. The molecule has 0 radical (unpaired) electrons. The van der Waals surface area contributed by atoms with Crippen LogP contribution in [0.3, 0.4) is 0 Å². The van der Waals surface area contributed by atoms with Crippen molar-refractivity contribution >= 4 is 17.3 Å². The Kier molecular flexibility index (Phi) is 3.65. The highest BCUT2D eigenvalue weighted by molar-refractivity contribution is 5.94. The number of nitrogens with zero attached hydrogens (tertiary/aromatic N) is 3. The average molecular weight is 317 g/mol. The molecule has 22 heavy (non-hydrogen) atoms. The number of hydrazone groups is 1. The summed E-state index contributed by atoms with van der Waals surface area (Å²) in [4.78, 5) is 21.5. The Morgan fingerprint density at radius 1 is 1.50 bits per heavy atom. The normalized spacial score (nSPS) is 21.7. The van der Waals surface area contributed by atoms with Crippen LogP contribution in [0.25, 0.3) is 0 Å². The van der Waals surface area contributed by atoms with Gasteiger partial charge in [-0.3, -0.25) is 14.9 Å². The summed E-state index contributed by atoms with van der Waals surface area (Å²) in [7, 11) is 0. The molecule has 1 atom stereocenters. The van der Waals surface area contributed by atoms with E-state index in [-0.39, 0.29) is 10.6 Å². The number of nitro benzene ring substituents is 1. The molecule has 1 aliphatic rings. The van der Waals surface area contributed by atoms with E-state index in [0.29, 0.717) is 0 Å². The minimum absolute atomic E-state index is 0.222. The molecule has 0 unspecified atom stereocenters. The van der Waals surface area contributed by atoms with E-state index in [1.165, 1.54) is 12.1 Å². The van der Waals surface area contributed by atoms with E-state index in [9.17, 15) is 33.2 Å². The second-order valence-corrected chi connectivity index (χ2v) is 4.68. The minimum Gasteiger partial charge on any atom is -0.365 e. The maximum absolute atomic E-state index is 12.8. The fourth-order valence-electron chi connectivity index (χ4n) is 2.13. The van der Waals surface area contributed by atoms with E-state index in [1.54, 1.807) is 0 Å². The van der Waals surface area contributed by atoms with Crippen LogP contribution in [0, 0.1) is 10.1 Å². The number of carbonyl (C=O) groups excluding carboxylic acids is 1. The molecule has 0 fully saturated rings. The summed E-state index contributed by atoms with van der Waals surface area (Å²) in [5.74, 6) is -0.923. The molecule has 0 bridgehead atoms. The number of nitro groups is 1. The smallest absolute Gasteiger partial charge is 0.365 e. The number of amides is 1. The number of rotatable bonds is 2. The van der Waals surface area contributed by atoms with Gasteiger partial charge in [0.1, 0.15) is 5.71 Å². The van der Waals surface area contributed by atoms with Gasteiger partial charge in [-0.25, -0.2) is 0 Å². The first-order chi connectivity index (χ1) is 10.1. The number of carbonyl (C=O) groups is 1. The summed E-state index contributed by atoms with van der Waals surface area (Å²) in [5.41, 5.74) is -4.39. The minimum atomic E-state index is -4.82. The number of alkyl halides is 3. The summed E-state index contributed by atoms with van der Waals surface area (Å²) in [6, 6.07) is 4.42. The van der Waals surface area contributed by atoms with E-state index < -0.39 is 40.6 Å². The number of non-ortho nitro benzene ring substituents is 1. The maximum atomic E-state index is 12.8. The van der Waals surface area contributed by atoms with Crippen LogP contribution in [-0.4, -0.2) is 32.8 Å². The van der Waals surface area contributed by atoms with E-state index in [4.69, 9.17) is 0 Å². The lowest BCUT2D eigenvalue weighted by Gasteiger charge is -2.30. The van der Waals surface area contributed by atoms with Gasteiger partial charge in [0.2, 0.25) is 5.91 Å². The van der Waals surface area contributed by atoms with Crippen LogP contribution in [-0.2, 0) is 10.5 Å². The van der Waals surface area contributed by atoms with Crippen LogP contribution in [0.2, 0.25) is 0 Å². The topological polar surface area (TPSA) is 96.0 Å². The van der Waals surface area contributed by atoms with Crippen molar-refractivity contribution in [3.63, 3.8) is 0 Å². The van der Waals surface area contributed by atoms with Crippen molar-refractivity contribution in [3.8, 4) is 0 Å². The van der Waals surface area contributed by atoms with Crippen molar-refractivity contribution in [2.75, 3.05) is 0 Å². The molecule has 7 nitrogen and oxygen atoms in total. The number of aliphatic hydroxyl groups is 1. The maximum Gasteiger partial charge on any atom is 0.431 e. The summed E-state index contributed by atoms with van der Waals surface area (Å²) < 4.78 is 38.3. The first-order valence-corrected chi connectivity index (χ1v) is 5.98. The standard InChI is InChI=1S/C12H10F3N3O4/c1-7(19)17-11(20,6-10(16-17)12(13,14)15)8-3-2-4-9(5-8)18(21)22/h2-5,20H,6H2,1H3/t11-/m0/s1. The van der Waals surface area contributed by atoms with Gasteiger partial charge in [-0.05, 0) is 0 Å². The van der Waals surface area contributed by atoms with Crippen LogP contribution >= 0.6 is 0 Å². The molecular formula is C12H10F3N3O4. The molecule has 118 valence electrons. The van der Waals surface area contributed by atoms with Crippen molar-refractivity contribution in [1.29, 1.82) is 0 Å². The Morgan fingerprint density at radius 3 is 2.64 bits per heavy atom. The largest absolute Gasteiger partial charge is 0.431 e. The zero-order valence-electron chi connectivity index (χ0n) is 11.2. The second kappa shape index (κ2) is 5.05. The molecule has 2 rings (SSSR count). The van der Waals surface area contributed by atoms with Gasteiger partial charge in [-0.2, -0.15) is 23.3 Å². The van der Waals surface area contributed by atoms with Crippen LogP contribution < -0.4 is 0 Å². The Hall–Kier alpha value is -2.49. The van der Waals surface area contributed by atoms with Crippen LogP contribution in [0.4, 0.5) is 18.9 Å². The average Bonchev–Trinajstić information content (AvgIpc) is 2.78. The molecule has 1 aromatic rings. The summed E-state index contributed by atoms with van der Waals surface area (Å²) in [5, 5.41) is 24.7. The van der Waals surface area contributed by atoms with Gasteiger partial charge in [0, 0.05) is 24.6 Å².